The normalized spacial score (nSPS) is 10.2. The molecule has 18 heavy (non-hydrogen) atoms. The SMILES string of the molecule is COc1ccc(Br)c(Nc2nc[nH]c(=O)c2Cl)c1. The molecule has 1 aromatic heterocycles. The third-order valence-corrected chi connectivity index (χ3v) is 3.27. The number of hydrogen-bond acceptors (Lipinski definition) is 4. The fraction of sp³-hybridized carbons (Fsp3) is 0.0909. The van der Waals surface area contributed by atoms with Crippen molar-refractivity contribution in [2.45, 2.75) is 0 Å². The van der Waals surface area contributed by atoms with Crippen molar-refractivity contribution in [3.05, 3.63) is 44.4 Å². The summed E-state index contributed by atoms with van der Waals surface area (Å²) in [6.45, 7) is 0. The van der Waals surface area contributed by atoms with Gasteiger partial charge in [-0.3, -0.25) is 4.79 Å². The smallest absolute Gasteiger partial charge is 0.271 e. The first-order valence-corrected chi connectivity index (χ1v) is 6.12. The monoisotopic (exact) mass is 329 g/mol. The number of hydrogen-bond donors (Lipinski definition) is 2. The molecule has 0 spiro atoms. The molecule has 2 rings (SSSR count). The van der Waals surface area contributed by atoms with E-state index in [1.54, 1.807) is 13.2 Å². The van der Waals surface area contributed by atoms with Crippen LogP contribution in [0.15, 0.2) is 33.8 Å². The Morgan fingerprint density at radius 1 is 1.50 bits per heavy atom. The second-order valence-electron chi connectivity index (χ2n) is 3.37. The summed E-state index contributed by atoms with van der Waals surface area (Å²) < 4.78 is 5.93. The van der Waals surface area contributed by atoms with Gasteiger partial charge in [0.15, 0.2) is 5.82 Å². The molecule has 1 heterocycles. The molecular weight excluding hydrogens is 321 g/mol. The van der Waals surface area contributed by atoms with Crippen molar-refractivity contribution < 1.29 is 4.74 Å². The molecule has 2 aromatic rings. The number of anilines is 2. The molecule has 0 bridgehead atoms. The second kappa shape index (κ2) is 5.41. The molecule has 0 saturated heterocycles. The Balaban J connectivity index is 2.39. The number of methoxy groups -OCH3 is 1. The minimum atomic E-state index is -0.395. The highest BCUT2D eigenvalue weighted by Crippen LogP contribution is 2.30. The van der Waals surface area contributed by atoms with E-state index in [2.05, 4.69) is 31.2 Å². The zero-order chi connectivity index (χ0) is 13.1. The van der Waals surface area contributed by atoms with Crippen LogP contribution in [0.25, 0.3) is 0 Å². The van der Waals surface area contributed by atoms with E-state index in [1.807, 2.05) is 12.1 Å². The van der Waals surface area contributed by atoms with Crippen LogP contribution in [-0.4, -0.2) is 17.1 Å². The average Bonchev–Trinajstić information content (AvgIpc) is 2.37. The molecule has 0 atom stereocenters. The molecule has 7 heteroatoms. The Kier molecular flexibility index (Phi) is 3.88. The summed E-state index contributed by atoms with van der Waals surface area (Å²) in [6, 6.07) is 5.40. The van der Waals surface area contributed by atoms with Crippen LogP contribution in [0.1, 0.15) is 0 Å². The maximum atomic E-state index is 11.3. The van der Waals surface area contributed by atoms with Crippen LogP contribution in [-0.2, 0) is 0 Å². The summed E-state index contributed by atoms with van der Waals surface area (Å²) in [5.74, 6) is 0.969. The Morgan fingerprint density at radius 2 is 2.28 bits per heavy atom. The molecule has 0 amide bonds. The van der Waals surface area contributed by atoms with Crippen molar-refractivity contribution in [3.8, 4) is 5.75 Å². The van der Waals surface area contributed by atoms with Gasteiger partial charge in [0.1, 0.15) is 10.8 Å². The number of halogens is 2. The highest BCUT2D eigenvalue weighted by atomic mass is 79.9. The van der Waals surface area contributed by atoms with Gasteiger partial charge in [0.25, 0.3) is 5.56 Å². The largest absolute Gasteiger partial charge is 0.497 e. The Hall–Kier alpha value is -1.53. The van der Waals surface area contributed by atoms with Crippen LogP contribution in [0.2, 0.25) is 5.02 Å². The summed E-state index contributed by atoms with van der Waals surface area (Å²) in [4.78, 5) is 17.7. The van der Waals surface area contributed by atoms with Crippen LogP contribution in [0.3, 0.4) is 0 Å². The summed E-state index contributed by atoms with van der Waals surface area (Å²) in [5.41, 5.74) is 0.308. The molecular formula is C11H9BrClN3O2. The van der Waals surface area contributed by atoms with Crippen LogP contribution in [0.5, 0.6) is 5.75 Å². The predicted molar refractivity (Wildman–Crippen MR) is 73.8 cm³/mol. The van der Waals surface area contributed by atoms with Crippen LogP contribution >= 0.6 is 27.5 Å². The van der Waals surface area contributed by atoms with E-state index in [0.29, 0.717) is 11.4 Å². The zero-order valence-corrected chi connectivity index (χ0v) is 11.7. The lowest BCUT2D eigenvalue weighted by molar-refractivity contribution is 0.415. The lowest BCUT2D eigenvalue weighted by atomic mass is 10.3. The first-order valence-electron chi connectivity index (χ1n) is 4.95. The molecule has 1 aromatic carbocycles. The summed E-state index contributed by atoms with van der Waals surface area (Å²) in [5, 5.41) is 2.97. The molecule has 0 aliphatic carbocycles. The van der Waals surface area contributed by atoms with E-state index < -0.39 is 5.56 Å². The van der Waals surface area contributed by atoms with Crippen molar-refractivity contribution >= 4 is 39.0 Å². The van der Waals surface area contributed by atoms with Gasteiger partial charge in [-0.2, -0.15) is 0 Å². The average molecular weight is 331 g/mol. The molecule has 0 unspecified atom stereocenters. The van der Waals surface area contributed by atoms with Crippen molar-refractivity contribution in [1.29, 1.82) is 0 Å². The van der Waals surface area contributed by atoms with Crippen molar-refractivity contribution in [3.63, 3.8) is 0 Å². The van der Waals surface area contributed by atoms with Gasteiger partial charge in [0, 0.05) is 10.5 Å². The summed E-state index contributed by atoms with van der Waals surface area (Å²) in [7, 11) is 1.57. The number of H-pyrrole nitrogens is 1. The number of aromatic amines is 1. The quantitative estimate of drug-likeness (QED) is 0.908. The van der Waals surface area contributed by atoms with Crippen molar-refractivity contribution in [2.75, 3.05) is 12.4 Å². The second-order valence-corrected chi connectivity index (χ2v) is 4.60. The predicted octanol–water partition coefficient (Wildman–Crippen LogP) is 2.94. The Labute approximate surface area is 116 Å². The van der Waals surface area contributed by atoms with E-state index in [0.717, 1.165) is 4.47 Å². The molecule has 0 aliphatic rings. The molecule has 0 fully saturated rings. The first kappa shape index (κ1) is 12.9. The highest BCUT2D eigenvalue weighted by molar-refractivity contribution is 9.10. The first-order chi connectivity index (χ1) is 8.61. The number of aromatic nitrogens is 2. The van der Waals surface area contributed by atoms with Gasteiger partial charge in [0.2, 0.25) is 0 Å². The topological polar surface area (TPSA) is 67.0 Å². The third kappa shape index (κ3) is 2.65. The number of nitrogens with one attached hydrogen (secondary N) is 2. The van der Waals surface area contributed by atoms with Crippen LogP contribution in [0.4, 0.5) is 11.5 Å². The number of benzene rings is 1. The van der Waals surface area contributed by atoms with Gasteiger partial charge in [-0.1, -0.05) is 11.6 Å². The summed E-state index contributed by atoms with van der Waals surface area (Å²) in [6.07, 6.45) is 1.28. The van der Waals surface area contributed by atoms with Crippen molar-refractivity contribution in [1.82, 2.24) is 9.97 Å². The third-order valence-electron chi connectivity index (χ3n) is 2.22. The van der Waals surface area contributed by atoms with Gasteiger partial charge < -0.3 is 15.0 Å². The number of nitrogens with zero attached hydrogens (tertiary/aromatic N) is 1. The minimum absolute atomic E-state index is 0.00669. The molecule has 2 N–H and O–H groups in total. The minimum Gasteiger partial charge on any atom is -0.497 e. The van der Waals surface area contributed by atoms with Gasteiger partial charge in [-0.05, 0) is 28.1 Å². The Morgan fingerprint density at radius 3 is 3.00 bits per heavy atom. The lowest BCUT2D eigenvalue weighted by Gasteiger charge is -2.10. The highest BCUT2D eigenvalue weighted by Gasteiger charge is 2.08. The maximum absolute atomic E-state index is 11.3. The molecule has 0 saturated carbocycles. The van der Waals surface area contributed by atoms with Gasteiger partial charge in [-0.15, -0.1) is 0 Å². The van der Waals surface area contributed by atoms with E-state index in [-0.39, 0.29) is 10.8 Å². The lowest BCUT2D eigenvalue weighted by Crippen LogP contribution is -2.09. The van der Waals surface area contributed by atoms with E-state index in [1.165, 1.54) is 6.33 Å². The molecule has 94 valence electrons. The number of rotatable bonds is 3. The maximum Gasteiger partial charge on any atom is 0.271 e. The molecule has 0 radical (unpaired) electrons. The zero-order valence-electron chi connectivity index (χ0n) is 9.33. The fourth-order valence-electron chi connectivity index (χ4n) is 1.32. The Bertz CT molecular complexity index is 630. The van der Waals surface area contributed by atoms with Crippen molar-refractivity contribution in [2.24, 2.45) is 0 Å². The van der Waals surface area contributed by atoms with Gasteiger partial charge >= 0.3 is 0 Å². The van der Waals surface area contributed by atoms with Crippen LogP contribution in [0, 0.1) is 0 Å². The van der Waals surface area contributed by atoms with E-state index >= 15 is 0 Å². The molecule has 5 nitrogen and oxygen atoms in total. The molecule has 0 aliphatic heterocycles. The van der Waals surface area contributed by atoms with Gasteiger partial charge in [0.05, 0.1) is 19.1 Å². The van der Waals surface area contributed by atoms with E-state index in [9.17, 15) is 4.79 Å². The fourth-order valence-corrected chi connectivity index (χ4v) is 1.82. The summed E-state index contributed by atoms with van der Waals surface area (Å²) >= 11 is 9.24. The van der Waals surface area contributed by atoms with E-state index in [4.69, 9.17) is 16.3 Å². The standard InChI is InChI=1S/C11H9BrClN3O2/c1-18-6-2-3-7(12)8(4-6)16-10-9(13)11(17)15-5-14-10/h2-5H,1H3,(H2,14,15,16,17). The number of ether oxygens (including phenoxy) is 1. The van der Waals surface area contributed by atoms with Crippen LogP contribution < -0.4 is 15.6 Å². The van der Waals surface area contributed by atoms with Gasteiger partial charge in [-0.25, -0.2) is 4.98 Å².